The zero-order chi connectivity index (χ0) is 14.5. The van der Waals surface area contributed by atoms with Crippen LogP contribution in [0.25, 0.3) is 0 Å². The number of carboxylic acids is 1. The van der Waals surface area contributed by atoms with Gasteiger partial charge in [-0.25, -0.2) is 9.78 Å². The fourth-order valence-electron chi connectivity index (χ4n) is 2.65. The smallest absolute Gasteiger partial charge is 0.357 e. The Hall–Kier alpha value is -1.40. The summed E-state index contributed by atoms with van der Waals surface area (Å²) in [6.07, 6.45) is 6.50. The molecule has 1 heterocycles. The number of hydrogen-bond donors (Lipinski definition) is 1. The zero-order valence-electron chi connectivity index (χ0n) is 12.2. The Morgan fingerprint density at radius 1 is 1.40 bits per heavy atom. The van der Waals surface area contributed by atoms with Gasteiger partial charge in [0.2, 0.25) is 5.89 Å². The number of aromatic nitrogens is 1. The maximum Gasteiger partial charge on any atom is 0.357 e. The number of hydrogen-bond acceptors (Lipinski definition) is 5. The van der Waals surface area contributed by atoms with Gasteiger partial charge in [-0.3, -0.25) is 4.90 Å². The Labute approximate surface area is 119 Å². The lowest BCUT2D eigenvalue weighted by atomic mass is 10.2. The van der Waals surface area contributed by atoms with Crippen molar-refractivity contribution in [1.82, 2.24) is 14.8 Å². The molecule has 1 saturated carbocycles. The minimum atomic E-state index is -1.05. The molecule has 112 valence electrons. The SMILES string of the molecule is CN(CCN(C)C1CCCC1)Cc1nc(C(=O)O)co1. The first-order valence-electron chi connectivity index (χ1n) is 7.12. The highest BCUT2D eigenvalue weighted by atomic mass is 16.4. The van der Waals surface area contributed by atoms with E-state index < -0.39 is 5.97 Å². The monoisotopic (exact) mass is 281 g/mol. The molecule has 0 unspecified atom stereocenters. The predicted octanol–water partition coefficient (Wildman–Crippen LogP) is 1.68. The van der Waals surface area contributed by atoms with E-state index in [1.54, 1.807) is 0 Å². The molecular weight excluding hydrogens is 258 g/mol. The average Bonchev–Trinajstić information content (AvgIpc) is 3.06. The molecule has 0 saturated heterocycles. The molecule has 6 nitrogen and oxygen atoms in total. The summed E-state index contributed by atoms with van der Waals surface area (Å²) in [4.78, 5) is 19.2. The molecule has 2 rings (SSSR count). The fourth-order valence-corrected chi connectivity index (χ4v) is 2.65. The topological polar surface area (TPSA) is 69.8 Å². The van der Waals surface area contributed by atoms with E-state index in [4.69, 9.17) is 9.52 Å². The van der Waals surface area contributed by atoms with Crippen LogP contribution in [0, 0.1) is 0 Å². The molecule has 1 aromatic rings. The lowest BCUT2D eigenvalue weighted by molar-refractivity contribution is 0.0690. The highest BCUT2D eigenvalue weighted by molar-refractivity contribution is 5.84. The molecule has 0 amide bonds. The van der Waals surface area contributed by atoms with Crippen LogP contribution in [0.5, 0.6) is 0 Å². The van der Waals surface area contributed by atoms with Crippen LogP contribution >= 0.6 is 0 Å². The van der Waals surface area contributed by atoms with E-state index in [0.717, 1.165) is 19.1 Å². The molecular formula is C14H23N3O3. The van der Waals surface area contributed by atoms with E-state index >= 15 is 0 Å². The van der Waals surface area contributed by atoms with Crippen LogP contribution in [0.15, 0.2) is 10.7 Å². The van der Waals surface area contributed by atoms with Gasteiger partial charge in [0.05, 0.1) is 6.54 Å². The average molecular weight is 281 g/mol. The molecule has 0 atom stereocenters. The Bertz CT molecular complexity index is 441. The quantitative estimate of drug-likeness (QED) is 0.820. The summed E-state index contributed by atoms with van der Waals surface area (Å²) in [5, 5.41) is 8.79. The fraction of sp³-hybridized carbons (Fsp3) is 0.714. The summed E-state index contributed by atoms with van der Waals surface area (Å²) >= 11 is 0. The molecule has 0 radical (unpaired) electrons. The minimum absolute atomic E-state index is 0.0310. The summed E-state index contributed by atoms with van der Waals surface area (Å²) in [6, 6.07) is 0.726. The third-order valence-corrected chi connectivity index (χ3v) is 3.96. The normalized spacial score (nSPS) is 16.4. The molecule has 0 aliphatic heterocycles. The van der Waals surface area contributed by atoms with E-state index in [2.05, 4.69) is 21.8 Å². The molecule has 0 aromatic carbocycles. The van der Waals surface area contributed by atoms with Gasteiger partial charge in [-0.1, -0.05) is 12.8 Å². The van der Waals surface area contributed by atoms with Crippen molar-refractivity contribution in [2.75, 3.05) is 27.2 Å². The third-order valence-electron chi connectivity index (χ3n) is 3.96. The third kappa shape index (κ3) is 4.05. The van der Waals surface area contributed by atoms with Crippen LogP contribution in [0.4, 0.5) is 0 Å². The summed E-state index contributed by atoms with van der Waals surface area (Å²) in [5.74, 6) is -0.600. The summed E-state index contributed by atoms with van der Waals surface area (Å²) in [5.41, 5.74) is -0.0310. The van der Waals surface area contributed by atoms with E-state index in [1.165, 1.54) is 31.9 Å². The standard InChI is InChI=1S/C14H23N3O3/c1-16(7-8-17(2)11-5-3-4-6-11)9-13-15-12(10-20-13)14(18)19/h10-11H,3-9H2,1-2H3,(H,18,19). The van der Waals surface area contributed by atoms with Crippen molar-refractivity contribution in [3.8, 4) is 0 Å². The van der Waals surface area contributed by atoms with Gasteiger partial charge in [0, 0.05) is 19.1 Å². The number of carboxylic acid groups (broad SMARTS) is 1. The van der Waals surface area contributed by atoms with E-state index in [9.17, 15) is 4.79 Å². The van der Waals surface area contributed by atoms with Gasteiger partial charge in [-0.15, -0.1) is 0 Å². The van der Waals surface area contributed by atoms with Crippen molar-refractivity contribution in [1.29, 1.82) is 0 Å². The Morgan fingerprint density at radius 2 is 2.10 bits per heavy atom. The number of likely N-dealkylation sites (N-methyl/N-ethyl adjacent to an activating group) is 2. The molecule has 1 aliphatic rings. The van der Waals surface area contributed by atoms with Gasteiger partial charge in [0.1, 0.15) is 6.26 Å². The molecule has 1 N–H and O–H groups in total. The second-order valence-electron chi connectivity index (χ2n) is 5.59. The van der Waals surface area contributed by atoms with Gasteiger partial charge in [-0.05, 0) is 26.9 Å². The van der Waals surface area contributed by atoms with Crippen molar-refractivity contribution >= 4 is 5.97 Å². The van der Waals surface area contributed by atoms with Crippen molar-refractivity contribution < 1.29 is 14.3 Å². The summed E-state index contributed by atoms with van der Waals surface area (Å²) in [7, 11) is 4.17. The molecule has 0 bridgehead atoms. The highest BCUT2D eigenvalue weighted by Gasteiger charge is 2.19. The molecule has 20 heavy (non-hydrogen) atoms. The first-order valence-corrected chi connectivity index (χ1v) is 7.12. The van der Waals surface area contributed by atoms with Crippen LogP contribution in [0.3, 0.4) is 0 Å². The molecule has 1 aliphatic carbocycles. The minimum Gasteiger partial charge on any atom is -0.476 e. The van der Waals surface area contributed by atoms with Gasteiger partial charge in [0.15, 0.2) is 5.69 Å². The second kappa shape index (κ2) is 6.85. The summed E-state index contributed by atoms with van der Waals surface area (Å²) in [6.45, 7) is 2.46. The van der Waals surface area contributed by atoms with Crippen LogP contribution < -0.4 is 0 Å². The maximum atomic E-state index is 10.7. The molecule has 0 spiro atoms. The van der Waals surface area contributed by atoms with Crippen LogP contribution in [0.2, 0.25) is 0 Å². The van der Waals surface area contributed by atoms with E-state index in [1.807, 2.05) is 7.05 Å². The lowest BCUT2D eigenvalue weighted by Crippen LogP contribution is -2.36. The number of aromatic carboxylic acids is 1. The van der Waals surface area contributed by atoms with Crippen molar-refractivity contribution in [2.24, 2.45) is 0 Å². The van der Waals surface area contributed by atoms with Crippen molar-refractivity contribution in [2.45, 2.75) is 38.3 Å². The first kappa shape index (κ1) is 15.0. The molecule has 1 aromatic heterocycles. The molecule has 6 heteroatoms. The number of nitrogens with zero attached hydrogens (tertiary/aromatic N) is 3. The van der Waals surface area contributed by atoms with Crippen LogP contribution in [-0.4, -0.2) is 59.1 Å². The Balaban J connectivity index is 1.73. The van der Waals surface area contributed by atoms with E-state index in [-0.39, 0.29) is 5.69 Å². The van der Waals surface area contributed by atoms with Crippen molar-refractivity contribution in [3.05, 3.63) is 17.8 Å². The van der Waals surface area contributed by atoms with Gasteiger partial charge < -0.3 is 14.4 Å². The number of oxazole rings is 1. The Morgan fingerprint density at radius 3 is 2.70 bits per heavy atom. The van der Waals surface area contributed by atoms with E-state index in [0.29, 0.717) is 12.4 Å². The zero-order valence-corrected chi connectivity index (χ0v) is 12.2. The number of carbonyl (C=O) groups is 1. The summed E-state index contributed by atoms with van der Waals surface area (Å²) < 4.78 is 5.16. The van der Waals surface area contributed by atoms with Gasteiger partial charge >= 0.3 is 5.97 Å². The maximum absolute atomic E-state index is 10.7. The lowest BCUT2D eigenvalue weighted by Gasteiger charge is -2.26. The van der Waals surface area contributed by atoms with Gasteiger partial charge in [-0.2, -0.15) is 0 Å². The van der Waals surface area contributed by atoms with Crippen molar-refractivity contribution in [3.63, 3.8) is 0 Å². The molecule has 1 fully saturated rings. The van der Waals surface area contributed by atoms with Crippen LogP contribution in [0.1, 0.15) is 42.1 Å². The Kier molecular flexibility index (Phi) is 5.14. The number of rotatable bonds is 7. The predicted molar refractivity (Wildman–Crippen MR) is 74.7 cm³/mol. The highest BCUT2D eigenvalue weighted by Crippen LogP contribution is 2.22. The van der Waals surface area contributed by atoms with Gasteiger partial charge in [0.25, 0.3) is 0 Å². The van der Waals surface area contributed by atoms with Crippen LogP contribution in [-0.2, 0) is 6.54 Å². The first-order chi connectivity index (χ1) is 9.56. The largest absolute Gasteiger partial charge is 0.476 e. The second-order valence-corrected chi connectivity index (χ2v) is 5.59.